The molecular weight excluding hydrogens is 267 g/mol. The summed E-state index contributed by atoms with van der Waals surface area (Å²) in [5, 5.41) is 3.53. The Kier molecular flexibility index (Phi) is 3.21. The van der Waals surface area contributed by atoms with Crippen LogP contribution in [0, 0.1) is 11.7 Å². The molecule has 1 N–H and O–H groups in total. The molecule has 4 heteroatoms. The first kappa shape index (κ1) is 13.3. The van der Waals surface area contributed by atoms with Crippen LogP contribution in [0.5, 0.6) is 0 Å². The van der Waals surface area contributed by atoms with E-state index in [9.17, 15) is 9.18 Å². The van der Waals surface area contributed by atoms with Crippen molar-refractivity contribution >= 4 is 5.91 Å². The Labute approximate surface area is 124 Å². The van der Waals surface area contributed by atoms with Gasteiger partial charge in [-0.15, -0.1) is 0 Å². The molecule has 0 aromatic heterocycles. The molecule has 21 heavy (non-hydrogen) atoms. The van der Waals surface area contributed by atoms with Crippen LogP contribution in [0.2, 0.25) is 0 Å². The number of rotatable bonds is 4. The Morgan fingerprint density at radius 1 is 1.24 bits per heavy atom. The Hall–Kier alpha value is -1.42. The van der Waals surface area contributed by atoms with Crippen LogP contribution < -0.4 is 5.32 Å². The van der Waals surface area contributed by atoms with E-state index in [1.54, 1.807) is 12.1 Å². The first-order chi connectivity index (χ1) is 10.2. The van der Waals surface area contributed by atoms with Gasteiger partial charge in [0.05, 0.1) is 5.92 Å². The Morgan fingerprint density at radius 2 is 2.05 bits per heavy atom. The molecule has 1 aromatic rings. The summed E-state index contributed by atoms with van der Waals surface area (Å²) < 4.78 is 13.9. The van der Waals surface area contributed by atoms with E-state index in [0.29, 0.717) is 30.2 Å². The van der Waals surface area contributed by atoms with Gasteiger partial charge in [0.2, 0.25) is 5.91 Å². The lowest BCUT2D eigenvalue weighted by atomic mass is 9.88. The summed E-state index contributed by atoms with van der Waals surface area (Å²) in [6, 6.07) is 8.01. The summed E-state index contributed by atoms with van der Waals surface area (Å²) in [4.78, 5) is 14.8. The number of benzene rings is 1. The maximum Gasteiger partial charge on any atom is 0.227 e. The molecule has 2 aliphatic heterocycles. The highest BCUT2D eigenvalue weighted by Gasteiger charge is 2.46. The molecule has 1 saturated carbocycles. The van der Waals surface area contributed by atoms with Gasteiger partial charge in [0.15, 0.2) is 0 Å². The van der Waals surface area contributed by atoms with Gasteiger partial charge in [-0.3, -0.25) is 4.79 Å². The maximum absolute atomic E-state index is 13.9. The standard InChI is InChI=1S/C17H21FN2O/c18-15-4-2-1-3-11(15)10-20(13-6-7-13)17(21)14-9-12-5-8-16(14)19-12/h1-4,12-14,16,19H,5-10H2. The topological polar surface area (TPSA) is 32.3 Å². The second-order valence-corrected chi connectivity index (χ2v) is 6.68. The fourth-order valence-electron chi connectivity index (χ4n) is 3.89. The summed E-state index contributed by atoms with van der Waals surface area (Å²) >= 11 is 0. The van der Waals surface area contributed by atoms with Gasteiger partial charge in [0.25, 0.3) is 0 Å². The van der Waals surface area contributed by atoms with Crippen LogP contribution in [0.3, 0.4) is 0 Å². The summed E-state index contributed by atoms with van der Waals surface area (Å²) in [5.74, 6) is 0.138. The van der Waals surface area contributed by atoms with Gasteiger partial charge in [-0.1, -0.05) is 18.2 Å². The van der Waals surface area contributed by atoms with E-state index in [2.05, 4.69) is 5.32 Å². The second kappa shape index (κ2) is 5.09. The molecule has 2 saturated heterocycles. The van der Waals surface area contributed by atoms with Gasteiger partial charge in [-0.25, -0.2) is 4.39 Å². The highest BCUT2D eigenvalue weighted by Crippen LogP contribution is 2.37. The number of fused-ring (bicyclic) bond motifs is 2. The van der Waals surface area contributed by atoms with E-state index >= 15 is 0 Å². The molecule has 3 fully saturated rings. The molecule has 4 rings (SSSR count). The summed E-state index contributed by atoms with van der Waals surface area (Å²) in [6.07, 6.45) is 5.40. The zero-order valence-electron chi connectivity index (χ0n) is 12.1. The number of carbonyl (C=O) groups excluding carboxylic acids is 1. The molecular formula is C17H21FN2O. The minimum absolute atomic E-state index is 0.108. The molecule has 3 aliphatic rings. The fourth-order valence-corrected chi connectivity index (χ4v) is 3.89. The molecule has 0 radical (unpaired) electrons. The smallest absolute Gasteiger partial charge is 0.227 e. The number of halogens is 1. The van der Waals surface area contributed by atoms with Crippen molar-refractivity contribution in [2.75, 3.05) is 0 Å². The van der Waals surface area contributed by atoms with Crippen LogP contribution in [0.4, 0.5) is 4.39 Å². The molecule has 2 heterocycles. The monoisotopic (exact) mass is 288 g/mol. The molecule has 1 amide bonds. The predicted molar refractivity (Wildman–Crippen MR) is 78.0 cm³/mol. The van der Waals surface area contributed by atoms with E-state index in [4.69, 9.17) is 0 Å². The van der Waals surface area contributed by atoms with Crippen molar-refractivity contribution in [1.82, 2.24) is 10.2 Å². The van der Waals surface area contributed by atoms with E-state index in [0.717, 1.165) is 25.7 Å². The Balaban J connectivity index is 1.52. The molecule has 1 aliphatic carbocycles. The van der Waals surface area contributed by atoms with Gasteiger partial charge in [0.1, 0.15) is 5.82 Å². The van der Waals surface area contributed by atoms with Crippen LogP contribution in [0.15, 0.2) is 24.3 Å². The number of hydrogen-bond acceptors (Lipinski definition) is 2. The van der Waals surface area contributed by atoms with E-state index < -0.39 is 0 Å². The lowest BCUT2D eigenvalue weighted by Crippen LogP contribution is -2.42. The van der Waals surface area contributed by atoms with Gasteiger partial charge in [0, 0.05) is 30.2 Å². The van der Waals surface area contributed by atoms with E-state index in [1.165, 1.54) is 12.5 Å². The van der Waals surface area contributed by atoms with E-state index in [1.807, 2.05) is 11.0 Å². The van der Waals surface area contributed by atoms with Crippen molar-refractivity contribution in [2.24, 2.45) is 5.92 Å². The Bertz CT molecular complexity index is 557. The largest absolute Gasteiger partial charge is 0.335 e. The molecule has 112 valence electrons. The van der Waals surface area contributed by atoms with Crippen molar-refractivity contribution in [3.8, 4) is 0 Å². The number of carbonyl (C=O) groups is 1. The average molecular weight is 288 g/mol. The third-order valence-electron chi connectivity index (χ3n) is 5.19. The van der Waals surface area contributed by atoms with E-state index in [-0.39, 0.29) is 17.6 Å². The highest BCUT2D eigenvalue weighted by molar-refractivity contribution is 5.81. The van der Waals surface area contributed by atoms with Gasteiger partial charge < -0.3 is 10.2 Å². The van der Waals surface area contributed by atoms with Crippen molar-refractivity contribution in [2.45, 2.75) is 56.8 Å². The highest BCUT2D eigenvalue weighted by atomic mass is 19.1. The SMILES string of the molecule is O=C(C1CC2CCC1N2)N(Cc1ccccc1F)C1CC1. The lowest BCUT2D eigenvalue weighted by molar-refractivity contribution is -0.137. The quantitative estimate of drug-likeness (QED) is 0.923. The number of amides is 1. The fraction of sp³-hybridized carbons (Fsp3) is 0.588. The Morgan fingerprint density at radius 3 is 2.67 bits per heavy atom. The number of hydrogen-bond donors (Lipinski definition) is 1. The van der Waals surface area contributed by atoms with Gasteiger partial charge >= 0.3 is 0 Å². The van der Waals surface area contributed by atoms with Crippen molar-refractivity contribution in [3.05, 3.63) is 35.6 Å². The van der Waals surface area contributed by atoms with Crippen molar-refractivity contribution < 1.29 is 9.18 Å². The zero-order valence-corrected chi connectivity index (χ0v) is 12.1. The lowest BCUT2D eigenvalue weighted by Gasteiger charge is -2.29. The van der Waals surface area contributed by atoms with Gasteiger partial charge in [-0.2, -0.15) is 0 Å². The average Bonchev–Trinajstić information content (AvgIpc) is 3.11. The third-order valence-corrected chi connectivity index (χ3v) is 5.19. The zero-order chi connectivity index (χ0) is 14.4. The van der Waals surface area contributed by atoms with Crippen LogP contribution >= 0.6 is 0 Å². The summed E-state index contributed by atoms with van der Waals surface area (Å²) in [6.45, 7) is 0.421. The van der Waals surface area contributed by atoms with Crippen molar-refractivity contribution in [1.29, 1.82) is 0 Å². The minimum atomic E-state index is -0.206. The van der Waals surface area contributed by atoms with Crippen LogP contribution in [0.1, 0.15) is 37.7 Å². The molecule has 2 bridgehead atoms. The minimum Gasteiger partial charge on any atom is -0.335 e. The molecule has 0 spiro atoms. The van der Waals surface area contributed by atoms with Crippen LogP contribution in [-0.2, 0) is 11.3 Å². The third kappa shape index (κ3) is 2.46. The molecule has 1 aromatic carbocycles. The first-order valence-electron chi connectivity index (χ1n) is 8.02. The predicted octanol–water partition coefficient (Wildman–Crippen LogP) is 2.46. The molecule has 3 unspecified atom stereocenters. The number of nitrogens with one attached hydrogen (secondary N) is 1. The summed E-state index contributed by atoms with van der Waals surface area (Å²) in [5.41, 5.74) is 0.633. The maximum atomic E-state index is 13.9. The van der Waals surface area contributed by atoms with Crippen molar-refractivity contribution in [3.63, 3.8) is 0 Å². The van der Waals surface area contributed by atoms with Crippen LogP contribution in [0.25, 0.3) is 0 Å². The van der Waals surface area contributed by atoms with Crippen LogP contribution in [-0.4, -0.2) is 28.9 Å². The normalized spacial score (nSPS) is 30.6. The number of nitrogens with zero attached hydrogens (tertiary/aromatic N) is 1. The molecule has 3 nitrogen and oxygen atoms in total. The summed E-state index contributed by atoms with van der Waals surface area (Å²) in [7, 11) is 0. The first-order valence-corrected chi connectivity index (χ1v) is 8.02. The van der Waals surface area contributed by atoms with Gasteiger partial charge in [-0.05, 0) is 38.2 Å². The molecule has 3 atom stereocenters. The second-order valence-electron chi connectivity index (χ2n) is 6.68.